The number of carboxylic acids is 1. The average molecular weight is 438 g/mol. The highest BCUT2D eigenvalue weighted by Gasteiger charge is 2.19. The van der Waals surface area contributed by atoms with Crippen LogP contribution in [0.3, 0.4) is 0 Å². The lowest BCUT2D eigenvalue weighted by Crippen LogP contribution is -2.16. The molecule has 0 aromatic heterocycles. The zero-order valence-corrected chi connectivity index (χ0v) is 18.4. The lowest BCUT2D eigenvalue weighted by atomic mass is 9.94. The van der Waals surface area contributed by atoms with Crippen molar-refractivity contribution in [1.29, 1.82) is 0 Å². The van der Waals surface area contributed by atoms with Crippen molar-refractivity contribution in [2.75, 3.05) is 12.8 Å². The third-order valence-electron chi connectivity index (χ3n) is 4.60. The van der Waals surface area contributed by atoms with E-state index in [0.717, 1.165) is 22.3 Å². The summed E-state index contributed by atoms with van der Waals surface area (Å²) in [4.78, 5) is 10.6. The van der Waals surface area contributed by atoms with Crippen LogP contribution in [0.15, 0.2) is 36.4 Å². The molecule has 0 bridgehead atoms. The number of carboxylic acid groups (broad SMARTS) is 1. The number of aliphatic carboxylic acids is 1. The Balaban J connectivity index is 2.05. The van der Waals surface area contributed by atoms with Crippen LogP contribution in [0.1, 0.15) is 41.5 Å². The Labute approximate surface area is 176 Å². The molecule has 0 heterocycles. The van der Waals surface area contributed by atoms with Crippen LogP contribution < -0.4 is 4.74 Å². The van der Waals surface area contributed by atoms with Crippen LogP contribution in [0.5, 0.6) is 5.75 Å². The SMILES string of the molecule is Cc1cc(C)c(C(C)CO[PH](=O)CC(O)CC(=O)O)c(OCc2ccc(F)cc2)c1. The van der Waals surface area contributed by atoms with Gasteiger partial charge in [-0.3, -0.25) is 9.36 Å². The lowest BCUT2D eigenvalue weighted by Gasteiger charge is -2.21. The number of aryl methyl sites for hydroxylation is 2. The molecule has 0 fully saturated rings. The summed E-state index contributed by atoms with van der Waals surface area (Å²) in [6, 6.07) is 10.0. The Bertz CT molecular complexity index is 884. The third kappa shape index (κ3) is 7.56. The van der Waals surface area contributed by atoms with E-state index < -0.39 is 26.5 Å². The van der Waals surface area contributed by atoms with E-state index in [-0.39, 0.29) is 31.1 Å². The second-order valence-corrected chi connectivity index (χ2v) is 8.89. The molecule has 0 radical (unpaired) electrons. The minimum atomic E-state index is -2.57. The van der Waals surface area contributed by atoms with Crippen molar-refractivity contribution < 1.29 is 33.2 Å². The highest BCUT2D eigenvalue weighted by atomic mass is 31.1. The van der Waals surface area contributed by atoms with Gasteiger partial charge in [0.2, 0.25) is 0 Å². The van der Waals surface area contributed by atoms with Gasteiger partial charge in [-0.15, -0.1) is 0 Å². The molecule has 6 nitrogen and oxygen atoms in total. The van der Waals surface area contributed by atoms with Crippen molar-refractivity contribution >= 4 is 14.0 Å². The minimum absolute atomic E-state index is 0.139. The van der Waals surface area contributed by atoms with Gasteiger partial charge in [0, 0.05) is 17.6 Å². The summed E-state index contributed by atoms with van der Waals surface area (Å²) in [6.07, 6.45) is -1.85. The van der Waals surface area contributed by atoms with E-state index in [0.29, 0.717) is 5.75 Å². The molecule has 0 amide bonds. The Kier molecular flexibility index (Phi) is 9.03. The molecular weight excluding hydrogens is 410 g/mol. The van der Waals surface area contributed by atoms with Crippen molar-refractivity contribution in [3.8, 4) is 5.75 Å². The first-order valence-electron chi connectivity index (χ1n) is 9.69. The van der Waals surface area contributed by atoms with Crippen molar-refractivity contribution in [2.45, 2.75) is 45.8 Å². The summed E-state index contributed by atoms with van der Waals surface area (Å²) < 4.78 is 36.6. The third-order valence-corrected chi connectivity index (χ3v) is 5.89. The van der Waals surface area contributed by atoms with E-state index >= 15 is 0 Å². The van der Waals surface area contributed by atoms with Crippen molar-refractivity contribution in [1.82, 2.24) is 0 Å². The summed E-state index contributed by atoms with van der Waals surface area (Å²) in [6.45, 7) is 6.27. The number of rotatable bonds is 11. The summed E-state index contributed by atoms with van der Waals surface area (Å²) in [5, 5.41) is 18.3. The molecule has 2 N–H and O–H groups in total. The van der Waals surface area contributed by atoms with E-state index in [2.05, 4.69) is 0 Å². The van der Waals surface area contributed by atoms with Gasteiger partial charge in [0.25, 0.3) is 0 Å². The largest absolute Gasteiger partial charge is 0.489 e. The number of aliphatic hydroxyl groups excluding tert-OH is 1. The molecule has 0 aliphatic carbocycles. The molecule has 30 heavy (non-hydrogen) atoms. The van der Waals surface area contributed by atoms with Gasteiger partial charge >= 0.3 is 5.97 Å². The highest BCUT2D eigenvalue weighted by molar-refractivity contribution is 7.39. The summed E-state index contributed by atoms with van der Waals surface area (Å²) in [7, 11) is -2.57. The molecule has 0 aliphatic heterocycles. The first-order chi connectivity index (χ1) is 14.2. The van der Waals surface area contributed by atoms with Gasteiger partial charge in [-0.05, 0) is 48.7 Å². The molecule has 3 atom stereocenters. The average Bonchev–Trinajstić information content (AvgIpc) is 2.64. The Morgan fingerprint density at radius 1 is 1.20 bits per heavy atom. The second-order valence-electron chi connectivity index (χ2n) is 7.45. The van der Waals surface area contributed by atoms with E-state index in [1.807, 2.05) is 32.9 Å². The maximum Gasteiger partial charge on any atom is 0.305 e. The molecule has 8 heteroatoms. The maximum atomic E-state index is 13.1. The van der Waals surface area contributed by atoms with Crippen LogP contribution in [0, 0.1) is 19.7 Å². The van der Waals surface area contributed by atoms with Crippen LogP contribution in [0.4, 0.5) is 4.39 Å². The van der Waals surface area contributed by atoms with Gasteiger partial charge in [-0.1, -0.05) is 25.1 Å². The molecule has 2 rings (SSSR count). The predicted molar refractivity (Wildman–Crippen MR) is 113 cm³/mol. The maximum absolute atomic E-state index is 13.1. The number of halogens is 1. The molecular formula is C22H28FO6P. The van der Waals surface area contributed by atoms with E-state index in [4.69, 9.17) is 14.4 Å². The van der Waals surface area contributed by atoms with Gasteiger partial charge in [-0.2, -0.15) is 0 Å². The molecule has 164 valence electrons. The zero-order chi connectivity index (χ0) is 22.3. The predicted octanol–water partition coefficient (Wildman–Crippen LogP) is 4.45. The Morgan fingerprint density at radius 3 is 2.50 bits per heavy atom. The highest BCUT2D eigenvalue weighted by Crippen LogP contribution is 2.34. The van der Waals surface area contributed by atoms with Crippen molar-refractivity contribution in [2.24, 2.45) is 0 Å². The number of ether oxygens (including phenoxy) is 1. The molecule has 0 saturated carbocycles. The van der Waals surface area contributed by atoms with Gasteiger partial charge in [0.1, 0.15) is 18.2 Å². The number of benzene rings is 2. The first-order valence-corrected chi connectivity index (χ1v) is 11.2. The quantitative estimate of drug-likeness (QED) is 0.504. The van der Waals surface area contributed by atoms with Crippen LogP contribution >= 0.6 is 8.03 Å². The topological polar surface area (TPSA) is 93.1 Å². The molecule has 2 aromatic carbocycles. The number of aliphatic hydroxyl groups is 1. The monoisotopic (exact) mass is 438 g/mol. The van der Waals surface area contributed by atoms with Crippen molar-refractivity contribution in [3.63, 3.8) is 0 Å². The molecule has 3 unspecified atom stereocenters. The first kappa shape index (κ1) is 24.1. The van der Waals surface area contributed by atoms with Gasteiger partial charge in [-0.25, -0.2) is 4.39 Å². The lowest BCUT2D eigenvalue weighted by molar-refractivity contribution is -0.138. The molecule has 0 spiro atoms. The fourth-order valence-electron chi connectivity index (χ4n) is 3.26. The number of hydrogen-bond donors (Lipinski definition) is 2. The molecule has 0 saturated heterocycles. The molecule has 2 aromatic rings. The van der Waals surface area contributed by atoms with Gasteiger partial charge < -0.3 is 19.5 Å². The van der Waals surface area contributed by atoms with Crippen LogP contribution in [-0.4, -0.2) is 35.1 Å². The normalized spacial score (nSPS) is 14.2. The van der Waals surface area contributed by atoms with Crippen LogP contribution in [0.2, 0.25) is 0 Å². The number of carbonyl (C=O) groups is 1. The number of hydrogen-bond acceptors (Lipinski definition) is 5. The standard InChI is InChI=1S/C22H28FO6P/c1-14-8-15(2)22(16(3)11-29-30(27)13-19(24)10-21(25)26)20(9-14)28-12-17-4-6-18(23)7-5-17/h4-9,16,19,24,30H,10-13H2,1-3H3,(H,25,26). The van der Waals surface area contributed by atoms with E-state index in [1.165, 1.54) is 12.1 Å². The Hall–Kier alpha value is -2.21. The van der Waals surface area contributed by atoms with Crippen molar-refractivity contribution in [3.05, 3.63) is 64.5 Å². The Morgan fingerprint density at radius 2 is 1.87 bits per heavy atom. The van der Waals surface area contributed by atoms with Crippen LogP contribution in [-0.2, 0) is 20.5 Å². The smallest absolute Gasteiger partial charge is 0.305 e. The summed E-state index contributed by atoms with van der Waals surface area (Å²) >= 11 is 0. The zero-order valence-electron chi connectivity index (χ0n) is 17.4. The van der Waals surface area contributed by atoms with Gasteiger partial charge in [0.15, 0.2) is 8.03 Å². The van der Waals surface area contributed by atoms with E-state index in [9.17, 15) is 18.9 Å². The minimum Gasteiger partial charge on any atom is -0.489 e. The second kappa shape index (κ2) is 11.3. The summed E-state index contributed by atoms with van der Waals surface area (Å²) in [5.74, 6) is -0.915. The van der Waals surface area contributed by atoms with Gasteiger partial charge in [0.05, 0.1) is 19.1 Å². The fourth-order valence-corrected chi connectivity index (χ4v) is 4.34. The molecule has 0 aliphatic rings. The fraction of sp³-hybridized carbons (Fsp3) is 0.409. The summed E-state index contributed by atoms with van der Waals surface area (Å²) in [5.41, 5.74) is 3.79. The van der Waals surface area contributed by atoms with Crippen LogP contribution in [0.25, 0.3) is 0 Å². The van der Waals surface area contributed by atoms with E-state index in [1.54, 1.807) is 12.1 Å².